The van der Waals surface area contributed by atoms with Crippen molar-refractivity contribution in [3.05, 3.63) is 23.9 Å². The molecule has 0 bridgehead atoms. The van der Waals surface area contributed by atoms with E-state index in [0.29, 0.717) is 38.4 Å². The van der Waals surface area contributed by atoms with Gasteiger partial charge in [-0.3, -0.25) is 9.59 Å². The largest absolute Gasteiger partial charge is 0.478 e. The van der Waals surface area contributed by atoms with Crippen molar-refractivity contribution in [2.24, 2.45) is 5.92 Å². The third-order valence-corrected chi connectivity index (χ3v) is 3.22. The summed E-state index contributed by atoms with van der Waals surface area (Å²) in [5.41, 5.74) is 0.850. The number of amides is 2. The van der Waals surface area contributed by atoms with E-state index in [1.165, 1.54) is 0 Å². The monoisotopic (exact) mass is 277 g/mol. The van der Waals surface area contributed by atoms with Gasteiger partial charge in [-0.25, -0.2) is 4.98 Å². The molecule has 1 aliphatic rings. The number of carbonyl (C=O) groups is 2. The molecule has 0 saturated carbocycles. The Morgan fingerprint density at radius 1 is 1.60 bits per heavy atom. The summed E-state index contributed by atoms with van der Waals surface area (Å²) in [6.07, 6.45) is 2.67. The lowest BCUT2D eigenvalue weighted by Crippen LogP contribution is -2.42. The third-order valence-electron chi connectivity index (χ3n) is 3.22. The zero-order valence-corrected chi connectivity index (χ0v) is 11.5. The summed E-state index contributed by atoms with van der Waals surface area (Å²) >= 11 is 0. The molecule has 1 fully saturated rings. The molecule has 1 atom stereocenters. The van der Waals surface area contributed by atoms with Gasteiger partial charge in [0, 0.05) is 31.3 Å². The fourth-order valence-electron chi connectivity index (χ4n) is 2.11. The number of hydrogen-bond donors (Lipinski definition) is 2. The van der Waals surface area contributed by atoms with Crippen LogP contribution in [0.4, 0.5) is 0 Å². The van der Waals surface area contributed by atoms with Crippen molar-refractivity contribution in [2.75, 3.05) is 13.2 Å². The van der Waals surface area contributed by atoms with E-state index >= 15 is 0 Å². The lowest BCUT2D eigenvalue weighted by molar-refractivity contribution is -0.129. The molecule has 1 aromatic rings. The number of rotatable bonds is 5. The Morgan fingerprint density at radius 3 is 3.15 bits per heavy atom. The van der Waals surface area contributed by atoms with Crippen LogP contribution in [0.3, 0.4) is 0 Å². The molecular weight excluding hydrogens is 258 g/mol. The molecule has 2 amide bonds. The second-order valence-corrected chi connectivity index (χ2v) is 4.66. The first-order valence-electron chi connectivity index (χ1n) is 6.81. The number of hydrogen-bond acceptors (Lipinski definition) is 4. The molecule has 2 heterocycles. The minimum atomic E-state index is -0.153. The lowest BCUT2D eigenvalue weighted by Gasteiger charge is -2.21. The number of piperidine rings is 1. The van der Waals surface area contributed by atoms with Gasteiger partial charge in [0.25, 0.3) is 0 Å². The Balaban J connectivity index is 1.88. The Bertz CT molecular complexity index is 480. The predicted molar refractivity (Wildman–Crippen MR) is 73.0 cm³/mol. The summed E-state index contributed by atoms with van der Waals surface area (Å²) in [6.45, 7) is 3.22. The normalized spacial score (nSPS) is 18.2. The zero-order valence-electron chi connectivity index (χ0n) is 11.5. The highest BCUT2D eigenvalue weighted by molar-refractivity contribution is 5.83. The minimum absolute atomic E-state index is 0.0138. The van der Waals surface area contributed by atoms with Gasteiger partial charge in [0.2, 0.25) is 17.7 Å². The Hall–Kier alpha value is -2.11. The first kappa shape index (κ1) is 14.3. The van der Waals surface area contributed by atoms with Crippen LogP contribution in [-0.2, 0) is 16.1 Å². The van der Waals surface area contributed by atoms with E-state index in [9.17, 15) is 9.59 Å². The van der Waals surface area contributed by atoms with E-state index in [2.05, 4.69) is 15.6 Å². The van der Waals surface area contributed by atoms with Crippen molar-refractivity contribution in [2.45, 2.75) is 26.3 Å². The topological polar surface area (TPSA) is 80.3 Å². The van der Waals surface area contributed by atoms with Crippen LogP contribution in [0.1, 0.15) is 25.3 Å². The lowest BCUT2D eigenvalue weighted by atomic mass is 9.98. The molecule has 0 spiro atoms. The fraction of sp³-hybridized carbons (Fsp3) is 0.500. The van der Waals surface area contributed by atoms with Crippen molar-refractivity contribution in [1.29, 1.82) is 0 Å². The molecule has 0 aliphatic carbocycles. The van der Waals surface area contributed by atoms with E-state index in [-0.39, 0.29) is 17.7 Å². The molecule has 1 aliphatic heterocycles. The molecule has 2 N–H and O–H groups in total. The maximum atomic E-state index is 12.0. The van der Waals surface area contributed by atoms with E-state index in [1.807, 2.05) is 19.1 Å². The highest BCUT2D eigenvalue weighted by atomic mass is 16.5. The number of nitrogens with zero attached hydrogens (tertiary/aromatic N) is 1. The molecule has 0 radical (unpaired) electrons. The SMILES string of the molecule is CCOc1ncccc1CNC(=O)C1CCC(=O)NC1. The van der Waals surface area contributed by atoms with Crippen LogP contribution >= 0.6 is 0 Å². The number of carbonyl (C=O) groups excluding carboxylic acids is 2. The van der Waals surface area contributed by atoms with Crippen molar-refractivity contribution < 1.29 is 14.3 Å². The van der Waals surface area contributed by atoms with Crippen LogP contribution in [0.2, 0.25) is 0 Å². The molecule has 1 saturated heterocycles. The van der Waals surface area contributed by atoms with Gasteiger partial charge in [-0.05, 0) is 19.4 Å². The van der Waals surface area contributed by atoms with Crippen molar-refractivity contribution in [3.8, 4) is 5.88 Å². The van der Waals surface area contributed by atoms with Crippen LogP contribution in [0.5, 0.6) is 5.88 Å². The summed E-state index contributed by atoms with van der Waals surface area (Å²) in [4.78, 5) is 27.2. The van der Waals surface area contributed by atoms with Gasteiger partial charge in [-0.1, -0.05) is 6.07 Å². The van der Waals surface area contributed by atoms with E-state index in [4.69, 9.17) is 4.74 Å². The average Bonchev–Trinajstić information content (AvgIpc) is 2.47. The first-order valence-corrected chi connectivity index (χ1v) is 6.81. The highest BCUT2D eigenvalue weighted by Gasteiger charge is 2.24. The standard InChI is InChI=1S/C14H19N3O3/c1-2-20-14-11(4-3-7-15-14)9-17-13(19)10-5-6-12(18)16-8-10/h3-4,7,10H,2,5-6,8-9H2,1H3,(H,16,18)(H,17,19). The molecule has 2 rings (SSSR count). The molecule has 0 aromatic carbocycles. The quantitative estimate of drug-likeness (QED) is 0.827. The van der Waals surface area contributed by atoms with Crippen LogP contribution in [0.25, 0.3) is 0 Å². The van der Waals surface area contributed by atoms with Crippen LogP contribution in [0.15, 0.2) is 18.3 Å². The number of aromatic nitrogens is 1. The van der Waals surface area contributed by atoms with Gasteiger partial charge < -0.3 is 15.4 Å². The zero-order chi connectivity index (χ0) is 14.4. The van der Waals surface area contributed by atoms with Crippen LogP contribution in [-0.4, -0.2) is 29.9 Å². The van der Waals surface area contributed by atoms with E-state index < -0.39 is 0 Å². The fourth-order valence-corrected chi connectivity index (χ4v) is 2.11. The molecule has 6 heteroatoms. The number of pyridine rings is 1. The van der Waals surface area contributed by atoms with Crippen LogP contribution < -0.4 is 15.4 Å². The van der Waals surface area contributed by atoms with Gasteiger partial charge in [0.1, 0.15) is 0 Å². The number of nitrogens with one attached hydrogen (secondary N) is 2. The predicted octanol–water partition coefficient (Wildman–Crippen LogP) is 0.623. The second-order valence-electron chi connectivity index (χ2n) is 4.66. The Morgan fingerprint density at radius 2 is 2.45 bits per heavy atom. The van der Waals surface area contributed by atoms with Gasteiger partial charge in [0.05, 0.1) is 12.5 Å². The molecule has 1 unspecified atom stereocenters. The smallest absolute Gasteiger partial charge is 0.225 e. The van der Waals surface area contributed by atoms with Crippen molar-refractivity contribution in [1.82, 2.24) is 15.6 Å². The molecular formula is C14H19N3O3. The van der Waals surface area contributed by atoms with Crippen molar-refractivity contribution in [3.63, 3.8) is 0 Å². The third kappa shape index (κ3) is 3.69. The van der Waals surface area contributed by atoms with Gasteiger partial charge in [-0.2, -0.15) is 0 Å². The average molecular weight is 277 g/mol. The first-order chi connectivity index (χ1) is 9.70. The molecule has 108 valence electrons. The minimum Gasteiger partial charge on any atom is -0.478 e. The summed E-state index contributed by atoms with van der Waals surface area (Å²) in [7, 11) is 0. The number of ether oxygens (including phenoxy) is 1. The van der Waals surface area contributed by atoms with Gasteiger partial charge in [-0.15, -0.1) is 0 Å². The van der Waals surface area contributed by atoms with Crippen molar-refractivity contribution >= 4 is 11.8 Å². The molecule has 1 aromatic heterocycles. The molecule has 6 nitrogen and oxygen atoms in total. The summed E-state index contributed by atoms with van der Waals surface area (Å²) < 4.78 is 5.41. The Kier molecular flexibility index (Phi) is 4.92. The second kappa shape index (κ2) is 6.88. The summed E-state index contributed by atoms with van der Waals surface area (Å²) in [6, 6.07) is 3.69. The molecule has 20 heavy (non-hydrogen) atoms. The van der Waals surface area contributed by atoms with E-state index in [1.54, 1.807) is 6.20 Å². The maximum Gasteiger partial charge on any atom is 0.225 e. The van der Waals surface area contributed by atoms with E-state index in [0.717, 1.165) is 5.56 Å². The summed E-state index contributed by atoms with van der Waals surface area (Å²) in [5.74, 6) is 0.364. The van der Waals surface area contributed by atoms with Gasteiger partial charge in [0.15, 0.2) is 0 Å². The van der Waals surface area contributed by atoms with Gasteiger partial charge >= 0.3 is 0 Å². The maximum absolute atomic E-state index is 12.0. The summed E-state index contributed by atoms with van der Waals surface area (Å²) in [5, 5.41) is 5.58. The highest BCUT2D eigenvalue weighted by Crippen LogP contribution is 2.15. The van der Waals surface area contributed by atoms with Crippen LogP contribution in [0, 0.1) is 5.92 Å². The Labute approximate surface area is 117 Å².